The molecule has 3 rings (SSSR count). The summed E-state index contributed by atoms with van der Waals surface area (Å²) in [4.78, 5) is 12.2. The van der Waals surface area contributed by atoms with Crippen molar-refractivity contribution in [2.75, 3.05) is 24.3 Å². The number of nitrogens with one attached hydrogen (secondary N) is 2. The number of hydrogen-bond acceptors (Lipinski definition) is 5. The van der Waals surface area contributed by atoms with Crippen LogP contribution in [0.1, 0.15) is 16.1 Å². The molecule has 0 fully saturated rings. The summed E-state index contributed by atoms with van der Waals surface area (Å²) in [7, 11) is 1.65. The molecule has 6 nitrogen and oxygen atoms in total. The number of amides is 1. The van der Waals surface area contributed by atoms with Gasteiger partial charge < -0.3 is 15.4 Å². The molecule has 3 aromatic rings. The molecule has 0 atom stereocenters. The van der Waals surface area contributed by atoms with E-state index in [0.29, 0.717) is 23.1 Å². The fraction of sp³-hybridized carbons (Fsp3) is 0.150. The van der Waals surface area contributed by atoms with Crippen molar-refractivity contribution >= 4 is 29.0 Å². The maximum Gasteiger partial charge on any atom is 0.276 e. The predicted molar refractivity (Wildman–Crippen MR) is 107 cm³/mol. The first-order valence-electron chi connectivity index (χ1n) is 8.42. The second-order valence-electron chi connectivity index (χ2n) is 5.77. The maximum absolute atomic E-state index is 12.2. The van der Waals surface area contributed by atoms with Gasteiger partial charge in [0.2, 0.25) is 0 Å². The van der Waals surface area contributed by atoms with E-state index < -0.39 is 0 Å². The first-order chi connectivity index (χ1) is 13.2. The average molecular weight is 383 g/mol. The highest BCUT2D eigenvalue weighted by molar-refractivity contribution is 6.33. The highest BCUT2D eigenvalue weighted by Gasteiger charge is 2.10. The zero-order valence-corrected chi connectivity index (χ0v) is 15.5. The van der Waals surface area contributed by atoms with E-state index in [1.54, 1.807) is 43.5 Å². The molecule has 0 aliphatic rings. The predicted octanol–water partition coefficient (Wildman–Crippen LogP) is 4.05. The summed E-state index contributed by atoms with van der Waals surface area (Å²) in [5.41, 5.74) is 1.91. The minimum Gasteiger partial charge on any atom is -0.497 e. The van der Waals surface area contributed by atoms with Crippen LogP contribution >= 0.6 is 11.6 Å². The van der Waals surface area contributed by atoms with E-state index in [9.17, 15) is 4.79 Å². The van der Waals surface area contributed by atoms with E-state index in [1.807, 2.05) is 24.3 Å². The van der Waals surface area contributed by atoms with Crippen molar-refractivity contribution in [3.8, 4) is 5.75 Å². The molecule has 1 heterocycles. The molecule has 0 spiro atoms. The number of aromatic nitrogens is 2. The highest BCUT2D eigenvalue weighted by Crippen LogP contribution is 2.21. The van der Waals surface area contributed by atoms with Crippen molar-refractivity contribution in [3.05, 3.63) is 76.9 Å². The Bertz CT molecular complexity index is 916. The molecule has 0 unspecified atom stereocenters. The number of nitrogens with zero attached hydrogens (tertiary/aromatic N) is 2. The van der Waals surface area contributed by atoms with Crippen LogP contribution in [0, 0.1) is 0 Å². The Hall–Kier alpha value is -3.12. The summed E-state index contributed by atoms with van der Waals surface area (Å²) < 4.78 is 5.22. The molecule has 2 N–H and O–H groups in total. The lowest BCUT2D eigenvalue weighted by Gasteiger charge is -2.08. The van der Waals surface area contributed by atoms with Crippen LogP contribution in [0.4, 0.5) is 11.5 Å². The fourth-order valence-electron chi connectivity index (χ4n) is 2.46. The minimum atomic E-state index is -0.362. The summed E-state index contributed by atoms with van der Waals surface area (Å²) in [6.07, 6.45) is 0.813. The number of halogens is 1. The number of carbonyl (C=O) groups is 1. The van der Waals surface area contributed by atoms with Crippen molar-refractivity contribution in [1.29, 1.82) is 0 Å². The normalized spacial score (nSPS) is 10.3. The summed E-state index contributed by atoms with van der Waals surface area (Å²) in [6, 6.07) is 18.3. The summed E-state index contributed by atoms with van der Waals surface area (Å²) in [6.45, 7) is 0.688. The van der Waals surface area contributed by atoms with E-state index in [0.717, 1.165) is 17.7 Å². The van der Waals surface area contributed by atoms with Gasteiger partial charge in [-0.25, -0.2) is 0 Å². The number of ether oxygens (including phenoxy) is 1. The third kappa shape index (κ3) is 5.18. The lowest BCUT2D eigenvalue weighted by molar-refractivity contribution is 0.102. The molecule has 0 radical (unpaired) electrons. The molecule has 27 heavy (non-hydrogen) atoms. The van der Waals surface area contributed by atoms with Crippen molar-refractivity contribution in [2.24, 2.45) is 0 Å². The number of carbonyl (C=O) groups excluding carboxylic acids is 1. The molecular formula is C20H19ClN4O2. The molecule has 0 aliphatic carbocycles. The lowest BCUT2D eigenvalue weighted by Crippen LogP contribution is -2.15. The number of methoxy groups -OCH3 is 1. The molecule has 0 aliphatic heterocycles. The fourth-order valence-corrected chi connectivity index (χ4v) is 2.64. The van der Waals surface area contributed by atoms with Gasteiger partial charge in [-0.3, -0.25) is 4.79 Å². The molecular weight excluding hydrogens is 364 g/mol. The van der Waals surface area contributed by atoms with Gasteiger partial charge in [0, 0.05) is 6.54 Å². The van der Waals surface area contributed by atoms with Crippen LogP contribution in [-0.2, 0) is 6.42 Å². The van der Waals surface area contributed by atoms with Crippen LogP contribution in [0.15, 0.2) is 60.7 Å². The minimum absolute atomic E-state index is 0.216. The number of rotatable bonds is 7. The van der Waals surface area contributed by atoms with E-state index in [4.69, 9.17) is 16.3 Å². The largest absolute Gasteiger partial charge is 0.497 e. The Labute approximate surface area is 162 Å². The number of para-hydroxylation sites is 1. The number of anilines is 2. The molecule has 1 aromatic heterocycles. The van der Waals surface area contributed by atoms with Gasteiger partial charge in [-0.05, 0) is 48.4 Å². The van der Waals surface area contributed by atoms with Gasteiger partial charge in [0.25, 0.3) is 5.91 Å². The van der Waals surface area contributed by atoms with Crippen LogP contribution in [0.2, 0.25) is 5.02 Å². The topological polar surface area (TPSA) is 76.1 Å². The highest BCUT2D eigenvalue weighted by atomic mass is 35.5. The quantitative estimate of drug-likeness (QED) is 0.644. The Morgan fingerprint density at radius 1 is 1.07 bits per heavy atom. The van der Waals surface area contributed by atoms with Crippen LogP contribution in [-0.4, -0.2) is 29.8 Å². The van der Waals surface area contributed by atoms with Crippen LogP contribution in [0.3, 0.4) is 0 Å². The smallest absolute Gasteiger partial charge is 0.276 e. The first-order valence-corrected chi connectivity index (χ1v) is 8.80. The van der Waals surface area contributed by atoms with Crippen molar-refractivity contribution in [1.82, 2.24) is 10.2 Å². The number of hydrogen-bond donors (Lipinski definition) is 2. The van der Waals surface area contributed by atoms with E-state index in [2.05, 4.69) is 20.8 Å². The summed E-state index contributed by atoms with van der Waals surface area (Å²) >= 11 is 6.04. The van der Waals surface area contributed by atoms with Crippen LogP contribution in [0.5, 0.6) is 5.75 Å². The molecule has 0 saturated heterocycles. The summed E-state index contributed by atoms with van der Waals surface area (Å²) in [5.74, 6) is 1.08. The zero-order chi connectivity index (χ0) is 19.1. The number of benzene rings is 2. The molecule has 0 saturated carbocycles. The molecule has 2 aromatic carbocycles. The van der Waals surface area contributed by atoms with Gasteiger partial charge in [0.1, 0.15) is 11.6 Å². The van der Waals surface area contributed by atoms with Gasteiger partial charge >= 0.3 is 0 Å². The maximum atomic E-state index is 12.2. The van der Waals surface area contributed by atoms with Crippen LogP contribution < -0.4 is 15.4 Å². The summed E-state index contributed by atoms with van der Waals surface area (Å²) in [5, 5.41) is 14.4. The Morgan fingerprint density at radius 2 is 1.93 bits per heavy atom. The first kappa shape index (κ1) is 18.7. The van der Waals surface area contributed by atoms with Gasteiger partial charge in [0.15, 0.2) is 5.69 Å². The molecule has 0 bridgehead atoms. The monoisotopic (exact) mass is 382 g/mol. The Balaban J connectivity index is 1.53. The third-order valence-electron chi connectivity index (χ3n) is 3.87. The third-order valence-corrected chi connectivity index (χ3v) is 4.20. The second-order valence-corrected chi connectivity index (χ2v) is 6.17. The Morgan fingerprint density at radius 3 is 2.67 bits per heavy atom. The molecule has 7 heteroatoms. The van der Waals surface area contributed by atoms with Gasteiger partial charge in [-0.1, -0.05) is 35.9 Å². The van der Waals surface area contributed by atoms with Gasteiger partial charge in [0.05, 0.1) is 17.8 Å². The standard InChI is InChI=1S/C20H19ClN4O2/c1-27-15-6-4-5-14(13-15)11-12-22-19-10-9-18(24-25-19)20(26)23-17-8-3-2-7-16(17)21/h2-10,13H,11-12H2,1H3,(H,22,25)(H,23,26). The van der Waals surface area contributed by atoms with Crippen molar-refractivity contribution in [3.63, 3.8) is 0 Å². The van der Waals surface area contributed by atoms with Crippen molar-refractivity contribution < 1.29 is 9.53 Å². The molecule has 1 amide bonds. The van der Waals surface area contributed by atoms with E-state index in [1.165, 1.54) is 0 Å². The molecule has 138 valence electrons. The average Bonchev–Trinajstić information content (AvgIpc) is 2.70. The van der Waals surface area contributed by atoms with Gasteiger partial charge in [-0.15, -0.1) is 10.2 Å². The van der Waals surface area contributed by atoms with Gasteiger partial charge in [-0.2, -0.15) is 0 Å². The Kier molecular flexibility index (Phi) is 6.22. The van der Waals surface area contributed by atoms with E-state index in [-0.39, 0.29) is 11.6 Å². The SMILES string of the molecule is COc1cccc(CCNc2ccc(C(=O)Nc3ccccc3Cl)nn2)c1. The van der Waals surface area contributed by atoms with Crippen LogP contribution in [0.25, 0.3) is 0 Å². The second kappa shape index (κ2) is 9.00. The zero-order valence-electron chi connectivity index (χ0n) is 14.8. The van der Waals surface area contributed by atoms with Crippen molar-refractivity contribution in [2.45, 2.75) is 6.42 Å². The lowest BCUT2D eigenvalue weighted by atomic mass is 10.1. The van der Waals surface area contributed by atoms with E-state index >= 15 is 0 Å².